The van der Waals surface area contributed by atoms with Gasteiger partial charge in [0.2, 0.25) is 0 Å². The van der Waals surface area contributed by atoms with E-state index < -0.39 is 0 Å². The largest absolute Gasteiger partial charge is 0.379 e. The highest BCUT2D eigenvalue weighted by Crippen LogP contribution is 2.23. The molecule has 1 unspecified atom stereocenters. The Morgan fingerprint density at radius 3 is 3.05 bits per heavy atom. The molecule has 0 radical (unpaired) electrons. The molecule has 1 aliphatic rings. The van der Waals surface area contributed by atoms with Crippen LogP contribution >= 0.6 is 11.3 Å². The Kier molecular flexibility index (Phi) is 5.82. The van der Waals surface area contributed by atoms with Gasteiger partial charge in [0, 0.05) is 22.9 Å². The summed E-state index contributed by atoms with van der Waals surface area (Å²) < 4.78 is 11.2. The second kappa shape index (κ2) is 7.39. The van der Waals surface area contributed by atoms with Crippen LogP contribution in [0.2, 0.25) is 0 Å². The van der Waals surface area contributed by atoms with Gasteiger partial charge in [-0.2, -0.15) is 0 Å². The third kappa shape index (κ3) is 4.88. The summed E-state index contributed by atoms with van der Waals surface area (Å²) in [6.07, 6.45) is 1.33. The van der Waals surface area contributed by atoms with Gasteiger partial charge in [-0.15, -0.1) is 11.3 Å². The minimum Gasteiger partial charge on any atom is -0.379 e. The first kappa shape index (κ1) is 15.0. The van der Waals surface area contributed by atoms with Gasteiger partial charge in [-0.1, -0.05) is 13.8 Å². The molecule has 1 aromatic heterocycles. The smallest absolute Gasteiger partial charge is 0.0835 e. The molecule has 0 amide bonds. The second-order valence-corrected chi connectivity index (χ2v) is 6.96. The molecule has 0 bridgehead atoms. The lowest BCUT2D eigenvalue weighted by molar-refractivity contribution is 0.0317. The molecule has 0 aliphatic carbocycles. The summed E-state index contributed by atoms with van der Waals surface area (Å²) in [6, 6.07) is 2.28. The van der Waals surface area contributed by atoms with Crippen LogP contribution < -0.4 is 5.32 Å². The first-order valence-corrected chi connectivity index (χ1v) is 7.95. The van der Waals surface area contributed by atoms with Crippen molar-refractivity contribution in [1.29, 1.82) is 0 Å². The maximum Gasteiger partial charge on any atom is 0.0835 e. The zero-order valence-electron chi connectivity index (χ0n) is 12.2. The van der Waals surface area contributed by atoms with Crippen LogP contribution in [0, 0.1) is 12.8 Å². The van der Waals surface area contributed by atoms with E-state index in [1.165, 1.54) is 15.3 Å². The molecule has 1 fully saturated rings. The van der Waals surface area contributed by atoms with Crippen LogP contribution in [0.3, 0.4) is 0 Å². The maximum atomic E-state index is 5.89. The molecule has 1 saturated heterocycles. The summed E-state index contributed by atoms with van der Waals surface area (Å²) in [5.41, 5.74) is 1.33. The molecule has 2 rings (SSSR count). The van der Waals surface area contributed by atoms with Crippen molar-refractivity contribution in [2.24, 2.45) is 5.92 Å². The standard InChI is InChI=1S/C15H25NO2S/c1-11(2)7-16-8-15-6-13(12(3)19-15)9-18-14-4-5-17-10-14/h6,11,14,16H,4-5,7-10H2,1-3H3. The first-order valence-electron chi connectivity index (χ1n) is 7.13. The molecule has 1 aliphatic heterocycles. The normalized spacial score (nSPS) is 19.5. The zero-order chi connectivity index (χ0) is 13.7. The van der Waals surface area contributed by atoms with Crippen molar-refractivity contribution < 1.29 is 9.47 Å². The molecule has 19 heavy (non-hydrogen) atoms. The van der Waals surface area contributed by atoms with E-state index in [4.69, 9.17) is 9.47 Å². The number of aryl methyl sites for hydroxylation is 1. The number of nitrogens with one attached hydrogen (secondary N) is 1. The SMILES string of the molecule is Cc1sc(CNCC(C)C)cc1COC1CCOC1. The van der Waals surface area contributed by atoms with E-state index in [-0.39, 0.29) is 0 Å². The molecule has 1 aromatic rings. The number of hydrogen-bond donors (Lipinski definition) is 1. The van der Waals surface area contributed by atoms with Crippen LogP contribution in [0.1, 0.15) is 35.6 Å². The average Bonchev–Trinajstić information content (AvgIpc) is 2.96. The monoisotopic (exact) mass is 283 g/mol. The predicted molar refractivity (Wildman–Crippen MR) is 79.6 cm³/mol. The number of hydrogen-bond acceptors (Lipinski definition) is 4. The summed E-state index contributed by atoms with van der Waals surface area (Å²) in [5, 5.41) is 3.49. The summed E-state index contributed by atoms with van der Waals surface area (Å²) >= 11 is 1.87. The van der Waals surface area contributed by atoms with Crippen molar-refractivity contribution in [2.45, 2.75) is 46.4 Å². The highest BCUT2D eigenvalue weighted by Gasteiger charge is 2.16. The lowest BCUT2D eigenvalue weighted by atomic mass is 10.2. The van der Waals surface area contributed by atoms with Gasteiger partial charge in [0.25, 0.3) is 0 Å². The minimum atomic E-state index is 0.293. The fourth-order valence-corrected chi connectivity index (χ4v) is 3.17. The van der Waals surface area contributed by atoms with Crippen LogP contribution in [0.5, 0.6) is 0 Å². The molecule has 1 atom stereocenters. The zero-order valence-corrected chi connectivity index (χ0v) is 13.0. The Labute approximate surface area is 120 Å². The molecule has 3 nitrogen and oxygen atoms in total. The van der Waals surface area contributed by atoms with E-state index in [9.17, 15) is 0 Å². The molecule has 4 heteroatoms. The van der Waals surface area contributed by atoms with Crippen LogP contribution in [0.25, 0.3) is 0 Å². The van der Waals surface area contributed by atoms with Crippen LogP contribution in [-0.4, -0.2) is 25.9 Å². The molecule has 1 N–H and O–H groups in total. The van der Waals surface area contributed by atoms with Gasteiger partial charge in [-0.25, -0.2) is 0 Å². The lowest BCUT2D eigenvalue weighted by Crippen LogP contribution is -2.18. The van der Waals surface area contributed by atoms with E-state index in [2.05, 4.69) is 32.2 Å². The van der Waals surface area contributed by atoms with Gasteiger partial charge in [0.15, 0.2) is 0 Å². The Morgan fingerprint density at radius 1 is 1.53 bits per heavy atom. The fourth-order valence-electron chi connectivity index (χ4n) is 2.15. The Morgan fingerprint density at radius 2 is 2.37 bits per heavy atom. The van der Waals surface area contributed by atoms with Crippen LogP contribution in [0.15, 0.2) is 6.07 Å². The Bertz CT molecular complexity index is 383. The third-order valence-electron chi connectivity index (χ3n) is 3.29. The van der Waals surface area contributed by atoms with Gasteiger partial charge in [-0.05, 0) is 37.4 Å². The second-order valence-electron chi connectivity index (χ2n) is 5.62. The number of thiophene rings is 1. The van der Waals surface area contributed by atoms with Crippen molar-refractivity contribution in [3.8, 4) is 0 Å². The molecule has 108 valence electrons. The average molecular weight is 283 g/mol. The Balaban J connectivity index is 1.78. The van der Waals surface area contributed by atoms with E-state index in [0.717, 1.165) is 39.3 Å². The third-order valence-corrected chi connectivity index (χ3v) is 4.38. The van der Waals surface area contributed by atoms with Crippen molar-refractivity contribution in [2.75, 3.05) is 19.8 Å². The topological polar surface area (TPSA) is 30.5 Å². The Hall–Kier alpha value is -0.420. The van der Waals surface area contributed by atoms with Crippen molar-refractivity contribution >= 4 is 11.3 Å². The molecule has 0 aromatic carbocycles. The van der Waals surface area contributed by atoms with Gasteiger partial charge >= 0.3 is 0 Å². The lowest BCUT2D eigenvalue weighted by Gasteiger charge is -2.09. The molecular formula is C15H25NO2S. The summed E-state index contributed by atoms with van der Waals surface area (Å²) in [4.78, 5) is 2.78. The van der Waals surface area contributed by atoms with E-state index in [1.807, 2.05) is 11.3 Å². The summed E-state index contributed by atoms with van der Waals surface area (Å²) in [6.45, 7) is 11.0. The van der Waals surface area contributed by atoms with Crippen molar-refractivity contribution in [1.82, 2.24) is 5.32 Å². The van der Waals surface area contributed by atoms with Gasteiger partial charge < -0.3 is 14.8 Å². The first-order chi connectivity index (χ1) is 9.15. The van der Waals surface area contributed by atoms with Crippen LogP contribution in [-0.2, 0) is 22.6 Å². The molecule has 2 heterocycles. The molecule has 0 spiro atoms. The number of ether oxygens (including phenoxy) is 2. The van der Waals surface area contributed by atoms with E-state index in [0.29, 0.717) is 12.0 Å². The molecule has 0 saturated carbocycles. The highest BCUT2D eigenvalue weighted by molar-refractivity contribution is 7.12. The predicted octanol–water partition coefficient (Wildman–Crippen LogP) is 3.11. The van der Waals surface area contributed by atoms with Gasteiger partial charge in [0.05, 0.1) is 19.3 Å². The fraction of sp³-hybridized carbons (Fsp3) is 0.733. The summed E-state index contributed by atoms with van der Waals surface area (Å²) in [5.74, 6) is 0.700. The number of rotatable bonds is 7. The molecular weight excluding hydrogens is 258 g/mol. The summed E-state index contributed by atoms with van der Waals surface area (Å²) in [7, 11) is 0. The quantitative estimate of drug-likeness (QED) is 0.834. The van der Waals surface area contributed by atoms with E-state index >= 15 is 0 Å². The minimum absolute atomic E-state index is 0.293. The maximum absolute atomic E-state index is 5.89. The van der Waals surface area contributed by atoms with Crippen LogP contribution in [0.4, 0.5) is 0 Å². The van der Waals surface area contributed by atoms with Gasteiger partial charge in [-0.3, -0.25) is 0 Å². The van der Waals surface area contributed by atoms with E-state index in [1.54, 1.807) is 0 Å². The highest BCUT2D eigenvalue weighted by atomic mass is 32.1. The van der Waals surface area contributed by atoms with Crippen molar-refractivity contribution in [3.05, 3.63) is 21.4 Å². The van der Waals surface area contributed by atoms with Gasteiger partial charge in [0.1, 0.15) is 0 Å². The van der Waals surface area contributed by atoms with Crippen molar-refractivity contribution in [3.63, 3.8) is 0 Å².